The van der Waals surface area contributed by atoms with E-state index in [0.29, 0.717) is 27.8 Å². The molecular formula is C16H19N3O2S. The van der Waals surface area contributed by atoms with Gasteiger partial charge in [-0.2, -0.15) is 0 Å². The summed E-state index contributed by atoms with van der Waals surface area (Å²) in [5.74, 6) is 0.0283. The maximum absolute atomic E-state index is 12.5. The minimum absolute atomic E-state index is 0.0283. The molecule has 0 atom stereocenters. The Morgan fingerprint density at radius 1 is 1.27 bits per heavy atom. The first-order valence-electron chi connectivity index (χ1n) is 7.68. The highest BCUT2D eigenvalue weighted by atomic mass is 32.1. The van der Waals surface area contributed by atoms with Gasteiger partial charge >= 0.3 is 0 Å². The van der Waals surface area contributed by atoms with Gasteiger partial charge in [-0.15, -0.1) is 0 Å². The first-order valence-corrected chi connectivity index (χ1v) is 8.09. The van der Waals surface area contributed by atoms with Gasteiger partial charge in [0.2, 0.25) is 0 Å². The molecule has 22 heavy (non-hydrogen) atoms. The summed E-state index contributed by atoms with van der Waals surface area (Å²) < 4.78 is 1.91. The zero-order valence-corrected chi connectivity index (χ0v) is 13.4. The molecular weight excluding hydrogens is 298 g/mol. The van der Waals surface area contributed by atoms with Gasteiger partial charge in [0.05, 0.1) is 10.9 Å². The van der Waals surface area contributed by atoms with E-state index in [4.69, 9.17) is 12.2 Å². The lowest BCUT2D eigenvalue weighted by Gasteiger charge is -2.26. The molecule has 2 aromatic rings. The van der Waals surface area contributed by atoms with Crippen LogP contribution in [0, 0.1) is 4.77 Å². The normalized spacial score (nSPS) is 15.2. The van der Waals surface area contributed by atoms with E-state index in [9.17, 15) is 9.59 Å². The maximum Gasteiger partial charge on any atom is 0.262 e. The number of hydrogen-bond donors (Lipinski definition) is 1. The Bertz CT molecular complexity index is 831. The number of fused-ring (bicyclic) bond motifs is 1. The van der Waals surface area contributed by atoms with E-state index in [1.54, 1.807) is 18.2 Å². The molecule has 0 saturated carbocycles. The zero-order chi connectivity index (χ0) is 15.7. The minimum Gasteiger partial charge on any atom is -0.339 e. The van der Waals surface area contributed by atoms with E-state index in [1.165, 1.54) is 11.0 Å². The van der Waals surface area contributed by atoms with E-state index in [0.717, 1.165) is 25.9 Å². The van der Waals surface area contributed by atoms with Crippen LogP contribution in [0.4, 0.5) is 0 Å². The van der Waals surface area contributed by atoms with Gasteiger partial charge in [0, 0.05) is 25.2 Å². The molecule has 2 heterocycles. The van der Waals surface area contributed by atoms with Gasteiger partial charge in [-0.3, -0.25) is 14.2 Å². The van der Waals surface area contributed by atoms with Gasteiger partial charge in [0.15, 0.2) is 4.77 Å². The molecule has 0 bridgehead atoms. The van der Waals surface area contributed by atoms with Crippen molar-refractivity contribution in [2.75, 3.05) is 13.1 Å². The first kappa shape index (κ1) is 15.0. The number of aromatic amines is 1. The van der Waals surface area contributed by atoms with Gasteiger partial charge in [-0.25, -0.2) is 0 Å². The summed E-state index contributed by atoms with van der Waals surface area (Å²) in [4.78, 5) is 29.8. The number of rotatable bonds is 2. The van der Waals surface area contributed by atoms with Crippen molar-refractivity contribution >= 4 is 29.0 Å². The highest BCUT2D eigenvalue weighted by Gasteiger charge is 2.18. The van der Waals surface area contributed by atoms with Crippen LogP contribution in [0.25, 0.3) is 10.9 Å². The molecule has 1 N–H and O–H groups in total. The molecule has 5 nitrogen and oxygen atoms in total. The van der Waals surface area contributed by atoms with Crippen molar-refractivity contribution < 1.29 is 4.79 Å². The fourth-order valence-corrected chi connectivity index (χ4v) is 3.28. The fraction of sp³-hybridized carbons (Fsp3) is 0.438. The number of piperidine rings is 1. The first-order chi connectivity index (χ1) is 10.6. The molecule has 3 rings (SSSR count). The maximum atomic E-state index is 12.5. The molecule has 6 heteroatoms. The number of likely N-dealkylation sites (tertiary alicyclic amines) is 1. The van der Waals surface area contributed by atoms with Crippen molar-refractivity contribution in [3.63, 3.8) is 0 Å². The Kier molecular flexibility index (Phi) is 4.11. The summed E-state index contributed by atoms with van der Waals surface area (Å²) in [6.07, 6.45) is 3.30. The molecule has 0 spiro atoms. The predicted octanol–water partition coefficient (Wildman–Crippen LogP) is 2.71. The third-order valence-corrected chi connectivity index (χ3v) is 4.51. The summed E-state index contributed by atoms with van der Waals surface area (Å²) >= 11 is 5.21. The van der Waals surface area contributed by atoms with Gasteiger partial charge in [0.1, 0.15) is 0 Å². The summed E-state index contributed by atoms with van der Waals surface area (Å²) in [5, 5.41) is 0.561. The van der Waals surface area contributed by atoms with Crippen molar-refractivity contribution in [1.29, 1.82) is 0 Å². The van der Waals surface area contributed by atoms with Gasteiger partial charge in [0.25, 0.3) is 11.5 Å². The lowest BCUT2D eigenvalue weighted by molar-refractivity contribution is 0.0724. The van der Waals surface area contributed by atoms with Crippen LogP contribution in [0.1, 0.15) is 36.5 Å². The summed E-state index contributed by atoms with van der Waals surface area (Å²) in [5.41, 5.74) is 1.12. The summed E-state index contributed by atoms with van der Waals surface area (Å²) in [6.45, 7) is 4.03. The van der Waals surface area contributed by atoms with Crippen molar-refractivity contribution in [2.24, 2.45) is 0 Å². The molecule has 1 amide bonds. The van der Waals surface area contributed by atoms with Crippen LogP contribution in [0.5, 0.6) is 0 Å². The van der Waals surface area contributed by atoms with Crippen molar-refractivity contribution in [2.45, 2.75) is 32.7 Å². The quantitative estimate of drug-likeness (QED) is 0.867. The number of carbonyl (C=O) groups is 1. The van der Waals surface area contributed by atoms with Crippen molar-refractivity contribution in [3.8, 4) is 0 Å². The van der Waals surface area contributed by atoms with Crippen LogP contribution in [0.3, 0.4) is 0 Å². The Hall–Kier alpha value is -1.95. The second-order valence-corrected chi connectivity index (χ2v) is 5.98. The predicted molar refractivity (Wildman–Crippen MR) is 88.8 cm³/mol. The van der Waals surface area contributed by atoms with E-state index >= 15 is 0 Å². The number of benzene rings is 1. The molecule has 116 valence electrons. The molecule has 0 unspecified atom stereocenters. The SMILES string of the molecule is CCn1c(=S)[nH]c2cc(C(=O)N3CCCCC3)ccc2c1=O. The van der Waals surface area contributed by atoms with Gasteiger partial charge < -0.3 is 9.88 Å². The largest absolute Gasteiger partial charge is 0.339 e. The Balaban J connectivity index is 2.05. The Morgan fingerprint density at radius 3 is 2.68 bits per heavy atom. The van der Waals surface area contributed by atoms with Gasteiger partial charge in [-0.1, -0.05) is 0 Å². The number of hydrogen-bond acceptors (Lipinski definition) is 3. The number of amides is 1. The fourth-order valence-electron chi connectivity index (χ4n) is 2.95. The number of nitrogens with zero attached hydrogens (tertiary/aromatic N) is 2. The van der Waals surface area contributed by atoms with Crippen LogP contribution in [-0.4, -0.2) is 33.4 Å². The molecule has 1 aliphatic heterocycles. The van der Waals surface area contributed by atoms with Crippen LogP contribution >= 0.6 is 12.2 Å². The summed E-state index contributed by atoms with van der Waals surface area (Å²) in [6, 6.07) is 5.19. The van der Waals surface area contributed by atoms with Crippen LogP contribution in [0.15, 0.2) is 23.0 Å². The topological polar surface area (TPSA) is 58.1 Å². The van der Waals surface area contributed by atoms with Crippen LogP contribution in [0.2, 0.25) is 0 Å². The molecule has 1 fully saturated rings. The average molecular weight is 317 g/mol. The standard InChI is InChI=1S/C16H19N3O2S/c1-2-19-15(21)12-7-6-11(10-13(12)17-16(19)22)14(20)18-8-4-3-5-9-18/h6-7,10H,2-5,8-9H2,1H3,(H,17,22). The third-order valence-electron chi connectivity index (χ3n) is 4.19. The number of aromatic nitrogens is 2. The zero-order valence-electron chi connectivity index (χ0n) is 12.6. The number of nitrogens with one attached hydrogen (secondary N) is 1. The molecule has 1 aromatic carbocycles. The number of carbonyl (C=O) groups excluding carboxylic acids is 1. The lowest BCUT2D eigenvalue weighted by atomic mass is 10.1. The molecule has 1 aromatic heterocycles. The van der Waals surface area contributed by atoms with Crippen LogP contribution in [-0.2, 0) is 6.54 Å². The third kappa shape index (κ3) is 2.59. The molecule has 1 saturated heterocycles. The van der Waals surface area contributed by atoms with E-state index in [2.05, 4.69) is 4.98 Å². The smallest absolute Gasteiger partial charge is 0.262 e. The summed E-state index contributed by atoms with van der Waals surface area (Å²) in [7, 11) is 0. The van der Waals surface area contributed by atoms with Crippen LogP contribution < -0.4 is 5.56 Å². The van der Waals surface area contributed by atoms with Crippen molar-refractivity contribution in [3.05, 3.63) is 38.9 Å². The minimum atomic E-state index is -0.113. The number of H-pyrrole nitrogens is 1. The second-order valence-electron chi connectivity index (χ2n) is 5.59. The second kappa shape index (κ2) is 6.04. The average Bonchev–Trinajstić information content (AvgIpc) is 2.55. The van der Waals surface area contributed by atoms with Gasteiger partial charge in [-0.05, 0) is 56.6 Å². The van der Waals surface area contributed by atoms with E-state index in [-0.39, 0.29) is 11.5 Å². The Morgan fingerprint density at radius 2 is 2.00 bits per heavy atom. The van der Waals surface area contributed by atoms with Crippen molar-refractivity contribution in [1.82, 2.24) is 14.5 Å². The lowest BCUT2D eigenvalue weighted by Crippen LogP contribution is -2.35. The van der Waals surface area contributed by atoms with E-state index in [1.807, 2.05) is 11.8 Å². The molecule has 0 radical (unpaired) electrons. The monoisotopic (exact) mass is 317 g/mol. The molecule has 1 aliphatic rings. The molecule has 0 aliphatic carbocycles. The Labute approximate surface area is 133 Å². The van der Waals surface area contributed by atoms with E-state index < -0.39 is 0 Å². The highest BCUT2D eigenvalue weighted by Crippen LogP contribution is 2.16. The highest BCUT2D eigenvalue weighted by molar-refractivity contribution is 7.71.